The van der Waals surface area contributed by atoms with Gasteiger partial charge >= 0.3 is 0 Å². The molecule has 7 nitrogen and oxygen atoms in total. The largest absolute Gasteiger partial charge is 0.497 e. The maximum Gasteiger partial charge on any atom is 0.230 e. The van der Waals surface area contributed by atoms with Crippen LogP contribution in [0.2, 0.25) is 0 Å². The lowest BCUT2D eigenvalue weighted by molar-refractivity contribution is -0.118. The monoisotopic (exact) mass is 434 g/mol. The summed E-state index contributed by atoms with van der Waals surface area (Å²) in [6.07, 6.45) is 1.63. The molecular formula is C23H22N4O3S. The van der Waals surface area contributed by atoms with E-state index >= 15 is 0 Å². The van der Waals surface area contributed by atoms with Crippen molar-refractivity contribution in [2.75, 3.05) is 12.9 Å². The molecule has 0 saturated carbocycles. The summed E-state index contributed by atoms with van der Waals surface area (Å²) >= 11 is 1.34. The lowest BCUT2D eigenvalue weighted by Gasteiger charge is -2.10. The summed E-state index contributed by atoms with van der Waals surface area (Å²) in [5, 5.41) is 12.3. The molecule has 0 aliphatic carbocycles. The highest BCUT2D eigenvalue weighted by molar-refractivity contribution is 7.99. The molecule has 0 radical (unpaired) electrons. The Hall–Kier alpha value is -3.52. The van der Waals surface area contributed by atoms with Crippen molar-refractivity contribution in [1.82, 2.24) is 20.1 Å². The minimum Gasteiger partial charge on any atom is -0.497 e. The average Bonchev–Trinajstić information content (AvgIpc) is 3.47. The van der Waals surface area contributed by atoms with E-state index in [1.54, 1.807) is 13.4 Å². The molecule has 0 atom stereocenters. The second-order valence-corrected chi connectivity index (χ2v) is 7.70. The van der Waals surface area contributed by atoms with Gasteiger partial charge in [-0.25, -0.2) is 0 Å². The van der Waals surface area contributed by atoms with E-state index in [0.717, 1.165) is 22.6 Å². The number of furan rings is 1. The van der Waals surface area contributed by atoms with Gasteiger partial charge in [-0.15, -0.1) is 10.2 Å². The molecule has 0 bridgehead atoms. The van der Waals surface area contributed by atoms with E-state index < -0.39 is 0 Å². The first kappa shape index (κ1) is 20.7. The van der Waals surface area contributed by atoms with Gasteiger partial charge in [-0.05, 0) is 29.8 Å². The van der Waals surface area contributed by atoms with E-state index in [1.165, 1.54) is 11.8 Å². The van der Waals surface area contributed by atoms with E-state index in [4.69, 9.17) is 9.15 Å². The fourth-order valence-electron chi connectivity index (χ4n) is 3.05. The molecule has 2 aromatic carbocycles. The number of ether oxygens (including phenoxy) is 1. The standard InChI is InChI=1S/C23H22N4O3S/c1-29-19-10-5-9-18(13-19)22-25-26-23(27(22)15-20-11-6-12-30-20)31-16-21(28)24-14-17-7-3-2-4-8-17/h2-13H,14-16H2,1H3,(H,24,28). The number of benzene rings is 2. The number of carbonyl (C=O) groups excluding carboxylic acids is 1. The van der Waals surface area contributed by atoms with Gasteiger partial charge in [0.2, 0.25) is 5.91 Å². The third-order valence-electron chi connectivity index (χ3n) is 4.60. The van der Waals surface area contributed by atoms with Gasteiger partial charge in [0.25, 0.3) is 0 Å². The second-order valence-electron chi connectivity index (χ2n) is 6.75. The number of hydrogen-bond donors (Lipinski definition) is 1. The number of nitrogens with zero attached hydrogens (tertiary/aromatic N) is 3. The number of methoxy groups -OCH3 is 1. The molecule has 1 amide bonds. The molecule has 0 aliphatic heterocycles. The average molecular weight is 435 g/mol. The molecule has 0 saturated heterocycles. The highest BCUT2D eigenvalue weighted by atomic mass is 32.2. The fourth-order valence-corrected chi connectivity index (χ4v) is 3.82. The van der Waals surface area contributed by atoms with E-state index in [1.807, 2.05) is 71.3 Å². The van der Waals surface area contributed by atoms with Crippen LogP contribution in [0.5, 0.6) is 5.75 Å². The maximum atomic E-state index is 12.4. The molecule has 0 spiro atoms. The van der Waals surface area contributed by atoms with Crippen molar-refractivity contribution >= 4 is 17.7 Å². The van der Waals surface area contributed by atoms with Crippen molar-refractivity contribution in [3.05, 3.63) is 84.3 Å². The summed E-state index contributed by atoms with van der Waals surface area (Å²) in [7, 11) is 1.63. The lowest BCUT2D eigenvalue weighted by Crippen LogP contribution is -2.24. The summed E-state index contributed by atoms with van der Waals surface area (Å²) in [5.41, 5.74) is 1.93. The molecule has 2 heterocycles. The Morgan fingerprint density at radius 3 is 2.74 bits per heavy atom. The number of rotatable bonds is 9. The van der Waals surface area contributed by atoms with Crippen LogP contribution < -0.4 is 10.1 Å². The summed E-state index contributed by atoms with van der Waals surface area (Å²) in [4.78, 5) is 12.4. The highest BCUT2D eigenvalue weighted by Crippen LogP contribution is 2.27. The third kappa shape index (κ3) is 5.35. The van der Waals surface area contributed by atoms with Crippen LogP contribution >= 0.6 is 11.8 Å². The number of carbonyl (C=O) groups is 1. The molecule has 0 unspecified atom stereocenters. The summed E-state index contributed by atoms with van der Waals surface area (Å²) < 4.78 is 12.8. The molecule has 0 fully saturated rings. The van der Waals surface area contributed by atoms with Gasteiger partial charge < -0.3 is 14.5 Å². The van der Waals surface area contributed by atoms with Gasteiger partial charge in [-0.2, -0.15) is 0 Å². The summed E-state index contributed by atoms with van der Waals surface area (Å²) in [5.74, 6) is 2.37. The van der Waals surface area contributed by atoms with Crippen LogP contribution in [-0.4, -0.2) is 33.5 Å². The molecule has 4 aromatic rings. The van der Waals surface area contributed by atoms with Gasteiger partial charge in [-0.1, -0.05) is 54.2 Å². The van der Waals surface area contributed by atoms with Gasteiger partial charge in [0.1, 0.15) is 11.5 Å². The van der Waals surface area contributed by atoms with Crippen LogP contribution in [0.25, 0.3) is 11.4 Å². The van der Waals surface area contributed by atoms with Crippen molar-refractivity contribution in [3.63, 3.8) is 0 Å². The Kier molecular flexibility index (Phi) is 6.68. The predicted octanol–water partition coefficient (Wildman–Crippen LogP) is 4.00. The normalized spacial score (nSPS) is 10.7. The van der Waals surface area contributed by atoms with Crippen LogP contribution in [0.3, 0.4) is 0 Å². The fraction of sp³-hybridized carbons (Fsp3) is 0.174. The SMILES string of the molecule is COc1cccc(-c2nnc(SCC(=O)NCc3ccccc3)n2Cc2ccco2)c1. The predicted molar refractivity (Wildman–Crippen MR) is 119 cm³/mol. The molecule has 158 valence electrons. The first-order chi connectivity index (χ1) is 15.2. The van der Waals surface area contributed by atoms with Gasteiger partial charge in [0.15, 0.2) is 11.0 Å². The Morgan fingerprint density at radius 2 is 1.97 bits per heavy atom. The maximum absolute atomic E-state index is 12.4. The molecule has 2 aromatic heterocycles. The molecule has 1 N–H and O–H groups in total. The number of thioether (sulfide) groups is 1. The quantitative estimate of drug-likeness (QED) is 0.401. The minimum atomic E-state index is -0.0654. The number of hydrogen-bond acceptors (Lipinski definition) is 6. The van der Waals surface area contributed by atoms with Crippen LogP contribution in [0.4, 0.5) is 0 Å². The van der Waals surface area contributed by atoms with Crippen molar-refractivity contribution in [1.29, 1.82) is 0 Å². The van der Waals surface area contributed by atoms with E-state index in [2.05, 4.69) is 15.5 Å². The number of aromatic nitrogens is 3. The smallest absolute Gasteiger partial charge is 0.230 e. The summed E-state index contributed by atoms with van der Waals surface area (Å²) in [6.45, 7) is 0.953. The van der Waals surface area contributed by atoms with Crippen molar-refractivity contribution in [2.45, 2.75) is 18.2 Å². The zero-order chi connectivity index (χ0) is 21.5. The second kappa shape index (κ2) is 9.99. The molecular weight excluding hydrogens is 412 g/mol. The van der Waals surface area contributed by atoms with Crippen molar-refractivity contribution in [3.8, 4) is 17.1 Å². The first-order valence-corrected chi connectivity index (χ1v) is 10.7. The first-order valence-electron chi connectivity index (χ1n) is 9.76. The topological polar surface area (TPSA) is 82.2 Å². The van der Waals surface area contributed by atoms with E-state index in [9.17, 15) is 4.79 Å². The number of nitrogens with one attached hydrogen (secondary N) is 1. The van der Waals surface area contributed by atoms with Gasteiger partial charge in [-0.3, -0.25) is 9.36 Å². The minimum absolute atomic E-state index is 0.0654. The van der Waals surface area contributed by atoms with Crippen LogP contribution in [0.1, 0.15) is 11.3 Å². The lowest BCUT2D eigenvalue weighted by atomic mass is 10.2. The number of amides is 1. The van der Waals surface area contributed by atoms with Crippen LogP contribution in [0.15, 0.2) is 82.6 Å². The molecule has 31 heavy (non-hydrogen) atoms. The van der Waals surface area contributed by atoms with E-state index in [-0.39, 0.29) is 11.7 Å². The molecule has 8 heteroatoms. The van der Waals surface area contributed by atoms with Gasteiger partial charge in [0, 0.05) is 12.1 Å². The Bertz CT molecular complexity index is 1130. The zero-order valence-corrected chi connectivity index (χ0v) is 17.8. The van der Waals surface area contributed by atoms with Crippen molar-refractivity contribution in [2.24, 2.45) is 0 Å². The Morgan fingerprint density at radius 1 is 1.10 bits per heavy atom. The Balaban J connectivity index is 1.50. The van der Waals surface area contributed by atoms with Crippen LogP contribution in [0, 0.1) is 0 Å². The molecule has 0 aliphatic rings. The van der Waals surface area contributed by atoms with Gasteiger partial charge in [0.05, 0.1) is 25.7 Å². The zero-order valence-electron chi connectivity index (χ0n) is 17.0. The molecule has 4 rings (SSSR count). The summed E-state index contributed by atoms with van der Waals surface area (Å²) in [6, 6.07) is 21.2. The van der Waals surface area contributed by atoms with Crippen LogP contribution in [-0.2, 0) is 17.9 Å². The Labute approximate surface area is 184 Å². The van der Waals surface area contributed by atoms with E-state index in [0.29, 0.717) is 24.1 Å². The third-order valence-corrected chi connectivity index (χ3v) is 5.57. The highest BCUT2D eigenvalue weighted by Gasteiger charge is 2.17. The van der Waals surface area contributed by atoms with Crippen molar-refractivity contribution < 1.29 is 13.9 Å².